The maximum Gasteiger partial charge on any atom is 0.445 e. The van der Waals surface area contributed by atoms with E-state index in [9.17, 15) is 4.79 Å². The van der Waals surface area contributed by atoms with Crippen LogP contribution in [0.2, 0.25) is 0 Å². The summed E-state index contributed by atoms with van der Waals surface area (Å²) in [6.07, 6.45) is 4.01. The van der Waals surface area contributed by atoms with E-state index < -0.39 is 0 Å². The summed E-state index contributed by atoms with van der Waals surface area (Å²) in [4.78, 5) is 17.1. The number of amides is 2. The fraction of sp³-hybridized carbons (Fsp3) is 0.261. The number of quaternary nitrogens is 1. The van der Waals surface area contributed by atoms with Gasteiger partial charge in [-0.2, -0.15) is 9.49 Å². The minimum Gasteiger partial charge on any atom is -0.493 e. The molecule has 2 amide bonds. The van der Waals surface area contributed by atoms with Crippen LogP contribution in [0.1, 0.15) is 18.2 Å². The Morgan fingerprint density at radius 2 is 1.87 bits per heavy atom. The van der Waals surface area contributed by atoms with E-state index in [1.807, 2.05) is 61.5 Å². The van der Waals surface area contributed by atoms with E-state index in [4.69, 9.17) is 9.15 Å². The Kier molecular flexibility index (Phi) is 5.63. The van der Waals surface area contributed by atoms with Gasteiger partial charge in [0.05, 0.1) is 18.8 Å². The summed E-state index contributed by atoms with van der Waals surface area (Å²) in [6.45, 7) is 3.58. The third-order valence-corrected chi connectivity index (χ3v) is 5.28. The molecule has 2 heterocycles. The Labute approximate surface area is 175 Å². The van der Waals surface area contributed by atoms with Gasteiger partial charge in [-0.1, -0.05) is 30.3 Å². The van der Waals surface area contributed by atoms with Crippen molar-refractivity contribution in [1.29, 1.82) is 0 Å². The number of carbonyl (C=O) groups is 1. The molecule has 154 valence electrons. The monoisotopic (exact) mass is 405 g/mol. The minimum absolute atomic E-state index is 0.0386. The number of nitrogens with zero attached hydrogens (tertiary/aromatic N) is 4. The third-order valence-electron chi connectivity index (χ3n) is 5.28. The van der Waals surface area contributed by atoms with E-state index in [0.29, 0.717) is 32.0 Å². The fourth-order valence-electron chi connectivity index (χ4n) is 3.48. The van der Waals surface area contributed by atoms with Crippen LogP contribution >= 0.6 is 0 Å². The van der Waals surface area contributed by atoms with Crippen molar-refractivity contribution in [2.24, 2.45) is 5.10 Å². The first-order chi connectivity index (χ1) is 14.6. The molecule has 0 bridgehead atoms. The van der Waals surface area contributed by atoms with Crippen LogP contribution in [0.15, 0.2) is 70.4 Å². The highest BCUT2D eigenvalue weighted by atomic mass is 16.5. The van der Waals surface area contributed by atoms with Gasteiger partial charge >= 0.3 is 6.03 Å². The maximum atomic E-state index is 12.6. The number of hydrogen-bond acceptors (Lipinski definition) is 5. The van der Waals surface area contributed by atoms with Crippen LogP contribution in [-0.2, 0) is 13.0 Å². The van der Waals surface area contributed by atoms with Crippen molar-refractivity contribution in [2.45, 2.75) is 19.9 Å². The molecular formula is C23H25N4O3+. The number of hydrazone groups is 1. The molecule has 0 N–H and O–H groups in total. The molecule has 0 radical (unpaired) electrons. The highest BCUT2D eigenvalue weighted by Gasteiger charge is 2.42. The van der Waals surface area contributed by atoms with Crippen LogP contribution in [0.5, 0.6) is 5.75 Å². The molecule has 0 spiro atoms. The molecule has 2 aromatic carbocycles. The minimum atomic E-state index is -0.0386. The zero-order valence-electron chi connectivity index (χ0n) is 17.2. The van der Waals surface area contributed by atoms with Gasteiger partial charge in [-0.25, -0.2) is 9.78 Å². The SMILES string of the molecule is CC[N+]1(Cc2ccccc2OCCc2coc(-c3ccccc3)n2)C=NN(C)C1=O. The van der Waals surface area contributed by atoms with Gasteiger partial charge < -0.3 is 9.15 Å². The molecular weight excluding hydrogens is 380 g/mol. The fourth-order valence-corrected chi connectivity index (χ4v) is 3.48. The van der Waals surface area contributed by atoms with Crippen LogP contribution in [-0.4, -0.2) is 47.0 Å². The normalized spacial score (nSPS) is 18.2. The molecule has 30 heavy (non-hydrogen) atoms. The van der Waals surface area contributed by atoms with Crippen molar-refractivity contribution in [3.63, 3.8) is 0 Å². The van der Waals surface area contributed by atoms with Crippen molar-refractivity contribution >= 4 is 12.4 Å². The van der Waals surface area contributed by atoms with Crippen LogP contribution in [0, 0.1) is 0 Å². The molecule has 7 nitrogen and oxygen atoms in total. The highest BCUT2D eigenvalue weighted by molar-refractivity contribution is 5.79. The number of aromatic nitrogens is 1. The smallest absolute Gasteiger partial charge is 0.445 e. The van der Waals surface area contributed by atoms with E-state index in [0.717, 1.165) is 22.6 Å². The van der Waals surface area contributed by atoms with Crippen molar-refractivity contribution in [3.05, 3.63) is 72.1 Å². The van der Waals surface area contributed by atoms with Gasteiger partial charge in [0.25, 0.3) is 0 Å². The topological polar surface area (TPSA) is 67.9 Å². The molecule has 0 saturated heterocycles. The standard InChI is InChI=1S/C23H25N4O3/c1-3-27(17-24-26(2)23(27)28)15-19-11-7-8-12-21(19)29-14-13-20-16-30-22(25-20)18-9-5-4-6-10-18/h4-12,16-17H,3,13-15H2,1-2H3/q+1. The molecule has 1 aliphatic rings. The van der Waals surface area contributed by atoms with Crippen molar-refractivity contribution < 1.29 is 18.4 Å². The van der Waals surface area contributed by atoms with E-state index in [1.54, 1.807) is 19.6 Å². The second-order valence-electron chi connectivity index (χ2n) is 7.26. The molecule has 0 aliphatic carbocycles. The average Bonchev–Trinajstić information content (AvgIpc) is 3.36. The summed E-state index contributed by atoms with van der Waals surface area (Å²) in [5.41, 5.74) is 2.76. The predicted molar refractivity (Wildman–Crippen MR) is 114 cm³/mol. The molecule has 1 aromatic heterocycles. The molecule has 1 unspecified atom stereocenters. The Hall–Kier alpha value is -3.45. The summed E-state index contributed by atoms with van der Waals surface area (Å²) in [7, 11) is 1.68. The summed E-state index contributed by atoms with van der Waals surface area (Å²) in [5, 5.41) is 5.56. The highest BCUT2D eigenvalue weighted by Crippen LogP contribution is 2.26. The van der Waals surface area contributed by atoms with E-state index in [1.165, 1.54) is 5.01 Å². The number of rotatable bonds is 8. The van der Waals surface area contributed by atoms with Crippen molar-refractivity contribution in [2.75, 3.05) is 20.2 Å². The van der Waals surface area contributed by atoms with E-state index in [2.05, 4.69) is 10.1 Å². The molecule has 1 aliphatic heterocycles. The Bertz CT molecular complexity index is 1050. The molecule has 0 fully saturated rings. The number of carbonyl (C=O) groups excluding carboxylic acids is 1. The molecule has 0 saturated carbocycles. The number of ether oxygens (including phenoxy) is 1. The number of hydrogen-bond donors (Lipinski definition) is 0. The van der Waals surface area contributed by atoms with Gasteiger partial charge in [0.15, 0.2) is 0 Å². The van der Waals surface area contributed by atoms with Gasteiger partial charge in [0.2, 0.25) is 12.2 Å². The first-order valence-corrected chi connectivity index (χ1v) is 10.0. The summed E-state index contributed by atoms with van der Waals surface area (Å²) >= 11 is 0. The second-order valence-corrected chi connectivity index (χ2v) is 7.26. The maximum absolute atomic E-state index is 12.6. The van der Waals surface area contributed by atoms with Gasteiger partial charge in [0, 0.05) is 24.6 Å². The molecule has 4 rings (SSSR count). The lowest BCUT2D eigenvalue weighted by molar-refractivity contribution is -0.762. The Balaban J connectivity index is 1.41. The van der Waals surface area contributed by atoms with E-state index >= 15 is 0 Å². The van der Waals surface area contributed by atoms with Gasteiger partial charge in [0.1, 0.15) is 18.6 Å². The largest absolute Gasteiger partial charge is 0.493 e. The average molecular weight is 405 g/mol. The number of urea groups is 1. The van der Waals surface area contributed by atoms with Crippen LogP contribution in [0.4, 0.5) is 4.79 Å². The third kappa shape index (κ3) is 3.97. The van der Waals surface area contributed by atoms with Crippen molar-refractivity contribution in [1.82, 2.24) is 9.99 Å². The van der Waals surface area contributed by atoms with Gasteiger partial charge in [-0.05, 0) is 31.2 Å². The zero-order valence-corrected chi connectivity index (χ0v) is 17.2. The lowest BCUT2D eigenvalue weighted by Crippen LogP contribution is -2.50. The quantitative estimate of drug-likeness (QED) is 0.524. The van der Waals surface area contributed by atoms with Crippen LogP contribution in [0.3, 0.4) is 0 Å². The zero-order chi connectivity index (χ0) is 21.0. The predicted octanol–water partition coefficient (Wildman–Crippen LogP) is 4.31. The summed E-state index contributed by atoms with van der Waals surface area (Å²) in [5.74, 6) is 1.38. The second kappa shape index (κ2) is 8.51. The lowest BCUT2D eigenvalue weighted by atomic mass is 10.1. The molecule has 1 atom stereocenters. The van der Waals surface area contributed by atoms with Gasteiger partial charge in [-0.3, -0.25) is 0 Å². The van der Waals surface area contributed by atoms with E-state index in [-0.39, 0.29) is 10.5 Å². The van der Waals surface area contributed by atoms with Crippen LogP contribution < -0.4 is 4.74 Å². The number of oxazole rings is 1. The lowest BCUT2D eigenvalue weighted by Gasteiger charge is -2.26. The Morgan fingerprint density at radius 1 is 1.10 bits per heavy atom. The number of benzene rings is 2. The van der Waals surface area contributed by atoms with Gasteiger partial charge in [-0.15, -0.1) is 5.10 Å². The van der Waals surface area contributed by atoms with Crippen molar-refractivity contribution in [3.8, 4) is 17.2 Å². The molecule has 3 aromatic rings. The van der Waals surface area contributed by atoms with Crippen LogP contribution in [0.25, 0.3) is 11.5 Å². The Morgan fingerprint density at radius 3 is 2.60 bits per heavy atom. The first kappa shape index (κ1) is 19.8. The molecule has 7 heteroatoms. The first-order valence-electron chi connectivity index (χ1n) is 10.0. The number of para-hydroxylation sites is 1. The summed E-state index contributed by atoms with van der Waals surface area (Å²) < 4.78 is 11.8. The summed E-state index contributed by atoms with van der Waals surface area (Å²) in [6, 6.07) is 17.6.